The van der Waals surface area contributed by atoms with Gasteiger partial charge in [-0.25, -0.2) is 0 Å². The highest BCUT2D eigenvalue weighted by Crippen LogP contribution is 2.39. The van der Waals surface area contributed by atoms with Crippen LogP contribution in [0, 0.1) is 0 Å². The van der Waals surface area contributed by atoms with Crippen LogP contribution in [0.4, 0.5) is 0 Å². The average molecular weight is 242 g/mol. The van der Waals surface area contributed by atoms with Gasteiger partial charge in [-0.3, -0.25) is 0 Å². The van der Waals surface area contributed by atoms with Crippen LogP contribution in [-0.4, -0.2) is 48.6 Å². The molecule has 16 heavy (non-hydrogen) atoms. The lowest BCUT2D eigenvalue weighted by Gasteiger charge is -2.27. The quantitative estimate of drug-likeness (QED) is 0.720. The van der Waals surface area contributed by atoms with E-state index in [0.29, 0.717) is 4.75 Å². The smallest absolute Gasteiger partial charge is 0.0281 e. The summed E-state index contributed by atoms with van der Waals surface area (Å²) in [5.41, 5.74) is 0. The zero-order chi connectivity index (χ0) is 11.3. The van der Waals surface area contributed by atoms with Crippen molar-refractivity contribution in [1.29, 1.82) is 0 Å². The van der Waals surface area contributed by atoms with Gasteiger partial charge in [0.2, 0.25) is 0 Å². The lowest BCUT2D eigenvalue weighted by Crippen LogP contribution is -2.38. The minimum absolute atomic E-state index is 0.574. The van der Waals surface area contributed by atoms with Crippen molar-refractivity contribution < 1.29 is 0 Å². The molecular formula is C13H26N2S. The normalized spacial score (nSPS) is 25.3. The van der Waals surface area contributed by atoms with Crippen molar-refractivity contribution in [3.63, 3.8) is 0 Å². The number of nitrogens with zero attached hydrogens (tertiary/aromatic N) is 1. The summed E-state index contributed by atoms with van der Waals surface area (Å²) < 4.78 is 0.574. The zero-order valence-corrected chi connectivity index (χ0v) is 11.5. The molecule has 0 atom stereocenters. The molecule has 0 bridgehead atoms. The monoisotopic (exact) mass is 242 g/mol. The van der Waals surface area contributed by atoms with Crippen molar-refractivity contribution in [1.82, 2.24) is 10.2 Å². The SMILES string of the molecule is CSC1(CNCCN2CCCC2)CCCC1. The van der Waals surface area contributed by atoms with Crippen LogP contribution in [-0.2, 0) is 0 Å². The maximum atomic E-state index is 3.68. The van der Waals surface area contributed by atoms with Crippen LogP contribution in [0.25, 0.3) is 0 Å². The summed E-state index contributed by atoms with van der Waals surface area (Å²) in [6.07, 6.45) is 10.8. The third-order valence-electron chi connectivity index (χ3n) is 4.20. The molecule has 0 unspecified atom stereocenters. The van der Waals surface area contributed by atoms with E-state index in [1.54, 1.807) is 0 Å². The first-order valence-electron chi connectivity index (χ1n) is 6.83. The Morgan fingerprint density at radius 1 is 1.12 bits per heavy atom. The number of hydrogen-bond acceptors (Lipinski definition) is 3. The first-order valence-corrected chi connectivity index (χ1v) is 8.05. The van der Waals surface area contributed by atoms with Crippen molar-refractivity contribution in [2.24, 2.45) is 0 Å². The minimum atomic E-state index is 0.574. The molecule has 0 spiro atoms. The minimum Gasteiger partial charge on any atom is -0.314 e. The van der Waals surface area contributed by atoms with E-state index in [4.69, 9.17) is 0 Å². The van der Waals surface area contributed by atoms with Gasteiger partial charge in [0.25, 0.3) is 0 Å². The van der Waals surface area contributed by atoms with Crippen molar-refractivity contribution in [2.45, 2.75) is 43.3 Å². The largest absolute Gasteiger partial charge is 0.314 e. The van der Waals surface area contributed by atoms with Crippen LogP contribution in [0.2, 0.25) is 0 Å². The predicted molar refractivity (Wildman–Crippen MR) is 73.3 cm³/mol. The summed E-state index contributed by atoms with van der Waals surface area (Å²) >= 11 is 2.09. The summed E-state index contributed by atoms with van der Waals surface area (Å²) in [6.45, 7) is 6.32. The van der Waals surface area contributed by atoms with Crippen LogP contribution < -0.4 is 5.32 Å². The van der Waals surface area contributed by atoms with Gasteiger partial charge in [-0.1, -0.05) is 12.8 Å². The Labute approximate surface area is 105 Å². The first-order chi connectivity index (χ1) is 7.85. The Morgan fingerprint density at radius 3 is 2.44 bits per heavy atom. The van der Waals surface area contributed by atoms with Crippen LogP contribution >= 0.6 is 11.8 Å². The number of likely N-dealkylation sites (tertiary alicyclic amines) is 1. The van der Waals surface area contributed by atoms with E-state index in [2.05, 4.69) is 28.2 Å². The maximum Gasteiger partial charge on any atom is 0.0281 e. The van der Waals surface area contributed by atoms with Gasteiger partial charge < -0.3 is 10.2 Å². The molecule has 94 valence electrons. The zero-order valence-electron chi connectivity index (χ0n) is 10.6. The summed E-state index contributed by atoms with van der Waals surface area (Å²) in [5, 5.41) is 3.68. The highest BCUT2D eigenvalue weighted by atomic mass is 32.2. The molecule has 2 rings (SSSR count). The fourth-order valence-corrected chi connectivity index (χ4v) is 3.98. The van der Waals surface area contributed by atoms with Crippen LogP contribution in [0.3, 0.4) is 0 Å². The van der Waals surface area contributed by atoms with Crippen molar-refractivity contribution in [3.8, 4) is 0 Å². The summed E-state index contributed by atoms with van der Waals surface area (Å²) in [4.78, 5) is 2.59. The average Bonchev–Trinajstić information content (AvgIpc) is 2.97. The van der Waals surface area contributed by atoms with E-state index < -0.39 is 0 Å². The van der Waals surface area contributed by atoms with Gasteiger partial charge in [-0.05, 0) is 45.0 Å². The van der Waals surface area contributed by atoms with Crippen molar-refractivity contribution in [3.05, 3.63) is 0 Å². The van der Waals surface area contributed by atoms with Crippen LogP contribution in [0.1, 0.15) is 38.5 Å². The van der Waals surface area contributed by atoms with E-state index >= 15 is 0 Å². The molecule has 0 aromatic heterocycles. The Bertz CT molecular complexity index is 196. The maximum absolute atomic E-state index is 3.68. The molecule has 3 heteroatoms. The number of hydrogen-bond donors (Lipinski definition) is 1. The topological polar surface area (TPSA) is 15.3 Å². The molecule has 1 aliphatic heterocycles. The molecule has 0 radical (unpaired) electrons. The van der Waals surface area contributed by atoms with Gasteiger partial charge in [0.1, 0.15) is 0 Å². The molecule has 2 nitrogen and oxygen atoms in total. The second-order valence-corrected chi connectivity index (χ2v) is 6.59. The molecule has 2 fully saturated rings. The Balaban J connectivity index is 1.59. The van der Waals surface area contributed by atoms with E-state index in [9.17, 15) is 0 Å². The van der Waals surface area contributed by atoms with E-state index in [1.165, 1.54) is 71.2 Å². The number of rotatable bonds is 6. The molecule has 0 amide bonds. The van der Waals surface area contributed by atoms with Crippen molar-refractivity contribution in [2.75, 3.05) is 39.0 Å². The van der Waals surface area contributed by atoms with E-state index in [-0.39, 0.29) is 0 Å². The number of thioether (sulfide) groups is 1. The lowest BCUT2D eigenvalue weighted by atomic mass is 10.1. The summed E-state index contributed by atoms with van der Waals surface area (Å²) in [6, 6.07) is 0. The van der Waals surface area contributed by atoms with Crippen LogP contribution in [0.5, 0.6) is 0 Å². The summed E-state index contributed by atoms with van der Waals surface area (Å²) in [5.74, 6) is 0. The van der Waals surface area contributed by atoms with Gasteiger partial charge in [0.15, 0.2) is 0 Å². The van der Waals surface area contributed by atoms with Gasteiger partial charge in [-0.15, -0.1) is 0 Å². The van der Waals surface area contributed by atoms with Crippen LogP contribution in [0.15, 0.2) is 0 Å². The predicted octanol–water partition coefficient (Wildman–Crippen LogP) is 2.35. The molecular weight excluding hydrogens is 216 g/mol. The molecule has 1 saturated heterocycles. The molecule has 0 aromatic carbocycles. The first kappa shape index (κ1) is 12.7. The van der Waals surface area contributed by atoms with Crippen molar-refractivity contribution >= 4 is 11.8 Å². The van der Waals surface area contributed by atoms with Gasteiger partial charge >= 0.3 is 0 Å². The fraction of sp³-hybridized carbons (Fsp3) is 1.00. The Hall–Kier alpha value is 0.270. The third-order valence-corrected chi connectivity index (χ3v) is 5.62. The second kappa shape index (κ2) is 6.27. The molecule has 0 aromatic rings. The lowest BCUT2D eigenvalue weighted by molar-refractivity contribution is 0.333. The summed E-state index contributed by atoms with van der Waals surface area (Å²) in [7, 11) is 0. The molecule has 1 heterocycles. The number of nitrogens with one attached hydrogen (secondary N) is 1. The molecule has 1 aliphatic carbocycles. The highest BCUT2D eigenvalue weighted by Gasteiger charge is 2.32. The molecule has 1 N–H and O–H groups in total. The second-order valence-electron chi connectivity index (χ2n) is 5.32. The molecule has 1 saturated carbocycles. The Morgan fingerprint density at radius 2 is 1.81 bits per heavy atom. The fourth-order valence-electron chi connectivity index (χ4n) is 3.03. The Kier molecular flexibility index (Phi) is 4.98. The van der Waals surface area contributed by atoms with E-state index in [1.807, 2.05) is 0 Å². The van der Waals surface area contributed by atoms with Gasteiger partial charge in [-0.2, -0.15) is 11.8 Å². The van der Waals surface area contributed by atoms with Gasteiger partial charge in [0, 0.05) is 24.4 Å². The van der Waals surface area contributed by atoms with Gasteiger partial charge in [0.05, 0.1) is 0 Å². The highest BCUT2D eigenvalue weighted by molar-refractivity contribution is 8.00. The molecule has 2 aliphatic rings. The van der Waals surface area contributed by atoms with E-state index in [0.717, 1.165) is 0 Å². The standard InChI is InChI=1S/C13H26N2S/c1-16-13(6-2-3-7-13)12-14-8-11-15-9-4-5-10-15/h14H,2-12H2,1H3. The third kappa shape index (κ3) is 3.38.